The van der Waals surface area contributed by atoms with Gasteiger partial charge in [0.1, 0.15) is 5.75 Å². The summed E-state index contributed by atoms with van der Waals surface area (Å²) in [4.78, 5) is 2.57. The van der Waals surface area contributed by atoms with Crippen LogP contribution in [0, 0.1) is 0 Å². The van der Waals surface area contributed by atoms with Gasteiger partial charge in [-0.2, -0.15) is 0 Å². The number of halogens is 1. The highest BCUT2D eigenvalue weighted by Crippen LogP contribution is 2.21. The van der Waals surface area contributed by atoms with Crippen molar-refractivity contribution in [3.63, 3.8) is 0 Å². The van der Waals surface area contributed by atoms with E-state index in [0.717, 1.165) is 36.6 Å². The van der Waals surface area contributed by atoms with E-state index in [2.05, 4.69) is 35.2 Å². The summed E-state index contributed by atoms with van der Waals surface area (Å²) in [7, 11) is 0. The zero-order valence-electron chi connectivity index (χ0n) is 14.9. The van der Waals surface area contributed by atoms with Crippen molar-refractivity contribution in [2.24, 2.45) is 0 Å². The van der Waals surface area contributed by atoms with Crippen molar-refractivity contribution in [3.8, 4) is 5.75 Å². The molecule has 0 aliphatic carbocycles. The van der Waals surface area contributed by atoms with Crippen molar-refractivity contribution >= 4 is 11.6 Å². The van der Waals surface area contributed by atoms with Gasteiger partial charge in [-0.05, 0) is 87.5 Å². The van der Waals surface area contributed by atoms with Crippen molar-refractivity contribution in [2.75, 3.05) is 26.2 Å². The third kappa shape index (κ3) is 6.05. The monoisotopic (exact) mass is 357 g/mol. The minimum Gasteiger partial charge on any atom is -0.493 e. The van der Waals surface area contributed by atoms with E-state index in [1.165, 1.54) is 50.0 Å². The van der Waals surface area contributed by atoms with E-state index in [1.54, 1.807) is 0 Å². The SMILES string of the molecule is Clc1cccc(CCc2ccccc2OCCCCN2CCCC2)c1. The average molecular weight is 358 g/mol. The van der Waals surface area contributed by atoms with Crippen LogP contribution < -0.4 is 4.74 Å². The highest BCUT2D eigenvalue weighted by molar-refractivity contribution is 6.30. The van der Waals surface area contributed by atoms with Gasteiger partial charge in [-0.25, -0.2) is 0 Å². The third-order valence-electron chi connectivity index (χ3n) is 4.87. The van der Waals surface area contributed by atoms with E-state index in [9.17, 15) is 0 Å². The fourth-order valence-electron chi connectivity index (χ4n) is 3.45. The first-order chi connectivity index (χ1) is 12.3. The summed E-state index contributed by atoms with van der Waals surface area (Å²) >= 11 is 6.08. The maximum atomic E-state index is 6.08. The van der Waals surface area contributed by atoms with E-state index in [1.807, 2.05) is 18.2 Å². The molecular formula is C22H28ClNO. The molecule has 0 radical (unpaired) electrons. The Morgan fingerprint density at radius 1 is 0.920 bits per heavy atom. The normalized spacial score (nSPS) is 14.8. The van der Waals surface area contributed by atoms with Crippen LogP contribution in [-0.4, -0.2) is 31.1 Å². The average Bonchev–Trinajstić information content (AvgIpc) is 3.14. The Bertz CT molecular complexity index is 652. The second-order valence-electron chi connectivity index (χ2n) is 6.84. The maximum Gasteiger partial charge on any atom is 0.122 e. The molecule has 1 aliphatic heterocycles. The molecule has 2 aromatic carbocycles. The highest BCUT2D eigenvalue weighted by atomic mass is 35.5. The standard InChI is InChI=1S/C22H28ClNO/c23-21-10-7-8-19(18-21)12-13-20-9-1-2-11-22(20)25-17-6-5-16-24-14-3-4-15-24/h1-2,7-11,18H,3-6,12-17H2. The Labute approximate surface area is 156 Å². The van der Waals surface area contributed by atoms with Crippen molar-refractivity contribution in [1.29, 1.82) is 0 Å². The number of aryl methyl sites for hydroxylation is 2. The number of hydrogen-bond acceptors (Lipinski definition) is 2. The van der Waals surface area contributed by atoms with Gasteiger partial charge in [0.15, 0.2) is 0 Å². The first-order valence-electron chi connectivity index (χ1n) is 9.49. The van der Waals surface area contributed by atoms with Crippen molar-refractivity contribution in [3.05, 3.63) is 64.7 Å². The molecule has 0 atom stereocenters. The Morgan fingerprint density at radius 3 is 2.60 bits per heavy atom. The zero-order chi connectivity index (χ0) is 17.3. The summed E-state index contributed by atoms with van der Waals surface area (Å²) < 4.78 is 6.07. The van der Waals surface area contributed by atoms with Crippen molar-refractivity contribution in [2.45, 2.75) is 38.5 Å². The Kier molecular flexibility index (Phi) is 7.20. The number of likely N-dealkylation sites (tertiary alicyclic amines) is 1. The molecule has 3 heteroatoms. The van der Waals surface area contributed by atoms with Crippen LogP contribution in [-0.2, 0) is 12.8 Å². The Morgan fingerprint density at radius 2 is 1.76 bits per heavy atom. The van der Waals surface area contributed by atoms with Gasteiger partial charge in [-0.15, -0.1) is 0 Å². The molecule has 1 saturated heterocycles. The molecule has 0 amide bonds. The van der Waals surface area contributed by atoms with E-state index < -0.39 is 0 Å². The van der Waals surface area contributed by atoms with Crippen LogP contribution in [0.1, 0.15) is 36.8 Å². The number of para-hydroxylation sites is 1. The molecule has 0 saturated carbocycles. The van der Waals surface area contributed by atoms with Gasteiger partial charge in [0.05, 0.1) is 6.61 Å². The van der Waals surface area contributed by atoms with Crippen LogP contribution >= 0.6 is 11.6 Å². The topological polar surface area (TPSA) is 12.5 Å². The van der Waals surface area contributed by atoms with Crippen LogP contribution in [0.25, 0.3) is 0 Å². The van der Waals surface area contributed by atoms with Gasteiger partial charge in [0, 0.05) is 5.02 Å². The third-order valence-corrected chi connectivity index (χ3v) is 5.10. The molecular weight excluding hydrogens is 330 g/mol. The summed E-state index contributed by atoms with van der Waals surface area (Å²) in [5.74, 6) is 1.03. The minimum absolute atomic E-state index is 0.806. The molecule has 0 unspecified atom stereocenters. The van der Waals surface area contributed by atoms with Gasteiger partial charge in [-0.1, -0.05) is 41.9 Å². The number of benzene rings is 2. The van der Waals surface area contributed by atoms with E-state index in [0.29, 0.717) is 0 Å². The van der Waals surface area contributed by atoms with Gasteiger partial charge in [0.2, 0.25) is 0 Å². The summed E-state index contributed by atoms with van der Waals surface area (Å²) in [6, 6.07) is 16.5. The number of ether oxygens (including phenoxy) is 1. The van der Waals surface area contributed by atoms with Gasteiger partial charge < -0.3 is 9.64 Å². The van der Waals surface area contributed by atoms with Crippen molar-refractivity contribution in [1.82, 2.24) is 4.90 Å². The van der Waals surface area contributed by atoms with Gasteiger partial charge in [0.25, 0.3) is 0 Å². The molecule has 2 aromatic rings. The minimum atomic E-state index is 0.806. The molecule has 134 valence electrons. The molecule has 0 aromatic heterocycles. The van der Waals surface area contributed by atoms with E-state index >= 15 is 0 Å². The molecule has 0 N–H and O–H groups in total. The Balaban J connectivity index is 1.43. The number of rotatable bonds is 9. The molecule has 0 spiro atoms. The maximum absolute atomic E-state index is 6.08. The van der Waals surface area contributed by atoms with Gasteiger partial charge in [-0.3, -0.25) is 0 Å². The van der Waals surface area contributed by atoms with E-state index in [4.69, 9.17) is 16.3 Å². The van der Waals surface area contributed by atoms with Crippen LogP contribution in [0.2, 0.25) is 5.02 Å². The zero-order valence-corrected chi connectivity index (χ0v) is 15.7. The fraction of sp³-hybridized carbons (Fsp3) is 0.455. The second kappa shape index (κ2) is 9.84. The lowest BCUT2D eigenvalue weighted by molar-refractivity contribution is 0.278. The predicted molar refractivity (Wildman–Crippen MR) is 106 cm³/mol. The quantitative estimate of drug-likeness (QED) is 0.558. The summed E-state index contributed by atoms with van der Waals surface area (Å²) in [5.41, 5.74) is 2.55. The smallest absolute Gasteiger partial charge is 0.122 e. The van der Waals surface area contributed by atoms with Crippen LogP contribution in [0.3, 0.4) is 0 Å². The molecule has 0 bridgehead atoms. The first kappa shape index (κ1) is 18.3. The van der Waals surface area contributed by atoms with E-state index in [-0.39, 0.29) is 0 Å². The molecule has 1 fully saturated rings. The second-order valence-corrected chi connectivity index (χ2v) is 7.28. The summed E-state index contributed by atoms with van der Waals surface area (Å²) in [5, 5.41) is 0.806. The predicted octanol–water partition coefficient (Wildman–Crippen LogP) is 5.38. The highest BCUT2D eigenvalue weighted by Gasteiger charge is 2.10. The molecule has 1 heterocycles. The van der Waals surface area contributed by atoms with Gasteiger partial charge >= 0.3 is 0 Å². The number of unbranched alkanes of at least 4 members (excludes halogenated alkanes) is 1. The number of nitrogens with zero attached hydrogens (tertiary/aromatic N) is 1. The number of hydrogen-bond donors (Lipinski definition) is 0. The lowest BCUT2D eigenvalue weighted by Crippen LogP contribution is -2.20. The first-order valence-corrected chi connectivity index (χ1v) is 9.86. The van der Waals surface area contributed by atoms with Crippen LogP contribution in [0.4, 0.5) is 0 Å². The summed E-state index contributed by atoms with van der Waals surface area (Å²) in [6.45, 7) is 4.60. The molecule has 2 nitrogen and oxygen atoms in total. The van der Waals surface area contributed by atoms with Crippen LogP contribution in [0.5, 0.6) is 5.75 Å². The van der Waals surface area contributed by atoms with Crippen molar-refractivity contribution < 1.29 is 4.74 Å². The lowest BCUT2D eigenvalue weighted by Gasteiger charge is -2.15. The molecule has 1 aliphatic rings. The fourth-order valence-corrected chi connectivity index (χ4v) is 3.66. The Hall–Kier alpha value is -1.51. The summed E-state index contributed by atoms with van der Waals surface area (Å²) in [6.07, 6.45) is 7.05. The molecule has 25 heavy (non-hydrogen) atoms. The lowest BCUT2D eigenvalue weighted by atomic mass is 10.0. The molecule has 3 rings (SSSR count). The van der Waals surface area contributed by atoms with Crippen LogP contribution in [0.15, 0.2) is 48.5 Å². The largest absolute Gasteiger partial charge is 0.493 e.